The lowest BCUT2D eigenvalue weighted by Gasteiger charge is -2.43. The fourth-order valence-corrected chi connectivity index (χ4v) is 5.89. The molecule has 5 rings (SSSR count). The molecule has 0 saturated carbocycles. The number of rotatable bonds is 6. The van der Waals surface area contributed by atoms with E-state index in [-0.39, 0.29) is 23.8 Å². The van der Waals surface area contributed by atoms with Crippen molar-refractivity contribution in [1.82, 2.24) is 4.90 Å². The van der Waals surface area contributed by atoms with Crippen molar-refractivity contribution in [3.8, 4) is 0 Å². The van der Waals surface area contributed by atoms with Crippen molar-refractivity contribution in [3.05, 3.63) is 94.5 Å². The average Bonchev–Trinajstić information content (AvgIpc) is 3.47. The summed E-state index contributed by atoms with van der Waals surface area (Å²) in [6.45, 7) is 9.57. The molecular weight excluding hydrogens is 485 g/mol. The number of allylic oxidation sites excluding steroid dienone is 1. The highest BCUT2D eigenvalue weighted by atomic mass is 32.2. The van der Waals surface area contributed by atoms with Gasteiger partial charge in [0, 0.05) is 23.4 Å². The van der Waals surface area contributed by atoms with Crippen LogP contribution in [0.3, 0.4) is 0 Å². The molecule has 2 aromatic carbocycles. The smallest absolute Gasteiger partial charge is 0.267 e. The quantitative estimate of drug-likeness (QED) is 0.317. The van der Waals surface area contributed by atoms with Gasteiger partial charge in [-0.25, -0.2) is 9.38 Å². The van der Waals surface area contributed by atoms with Gasteiger partial charge >= 0.3 is 0 Å². The largest absolute Gasteiger partial charge is 0.467 e. The molecule has 1 saturated heterocycles. The lowest BCUT2D eigenvalue weighted by atomic mass is 9.87. The van der Waals surface area contributed by atoms with Crippen LogP contribution in [0.15, 0.2) is 81.3 Å². The first-order valence-corrected chi connectivity index (χ1v) is 13.3. The number of aliphatic imine (C=N–C) groups is 1. The van der Waals surface area contributed by atoms with Crippen LogP contribution in [0.25, 0.3) is 11.6 Å². The monoisotopic (exact) mass is 515 g/mol. The van der Waals surface area contributed by atoms with Gasteiger partial charge in [0.15, 0.2) is 5.17 Å². The summed E-state index contributed by atoms with van der Waals surface area (Å²) in [5.41, 5.74) is 3.90. The normalized spacial score (nSPS) is 19.1. The van der Waals surface area contributed by atoms with Gasteiger partial charge in [-0.15, -0.1) is 0 Å². The van der Waals surface area contributed by atoms with Gasteiger partial charge in [-0.05, 0) is 87.0 Å². The Morgan fingerprint density at radius 3 is 2.62 bits per heavy atom. The van der Waals surface area contributed by atoms with Crippen LogP contribution in [-0.2, 0) is 11.3 Å². The summed E-state index contributed by atoms with van der Waals surface area (Å²) >= 11 is 1.25. The maximum Gasteiger partial charge on any atom is 0.267 e. The Morgan fingerprint density at radius 2 is 1.92 bits per heavy atom. The number of para-hydroxylation sites is 1. The van der Waals surface area contributed by atoms with E-state index in [0.29, 0.717) is 21.4 Å². The fourth-order valence-electron chi connectivity index (χ4n) is 4.90. The van der Waals surface area contributed by atoms with Crippen LogP contribution >= 0.6 is 11.8 Å². The number of furan rings is 1. The minimum Gasteiger partial charge on any atom is -0.467 e. The molecule has 0 atom stereocenters. The molecule has 0 aliphatic carbocycles. The highest BCUT2D eigenvalue weighted by molar-refractivity contribution is 8.18. The predicted molar refractivity (Wildman–Crippen MR) is 150 cm³/mol. The topological polar surface area (TPSA) is 49.0 Å². The Hall–Kier alpha value is -3.58. The molecule has 0 bridgehead atoms. The van der Waals surface area contributed by atoms with Crippen molar-refractivity contribution < 1.29 is 13.6 Å². The van der Waals surface area contributed by atoms with Gasteiger partial charge in [-0.2, -0.15) is 0 Å². The highest BCUT2D eigenvalue weighted by Gasteiger charge is 2.35. The molecule has 190 valence electrons. The molecule has 0 spiro atoms. The number of fused-ring (bicyclic) bond motifs is 1. The molecule has 2 aliphatic rings. The molecular formula is C30H30FN3O2S. The SMILES string of the molecule is CCCN1c2cc(F)c(/C=C3/SC(=Nc4ccccc4)N(Cc4ccco4)C3=O)cc2C(C)=CC1(C)C. The molecule has 0 radical (unpaired) electrons. The summed E-state index contributed by atoms with van der Waals surface area (Å²) in [7, 11) is 0. The summed E-state index contributed by atoms with van der Waals surface area (Å²) < 4.78 is 21.0. The molecule has 2 aliphatic heterocycles. The molecule has 1 aromatic heterocycles. The third-order valence-corrected chi connectivity index (χ3v) is 7.60. The van der Waals surface area contributed by atoms with Crippen LogP contribution < -0.4 is 4.90 Å². The summed E-state index contributed by atoms with van der Waals surface area (Å²) in [4.78, 5) is 22.5. The van der Waals surface area contributed by atoms with Gasteiger partial charge in [0.05, 0.1) is 28.9 Å². The Labute approximate surface area is 221 Å². The number of thioether (sulfide) groups is 1. The number of carbonyl (C=O) groups excluding carboxylic acids is 1. The molecule has 1 amide bonds. The predicted octanol–water partition coefficient (Wildman–Crippen LogP) is 7.63. The lowest BCUT2D eigenvalue weighted by Crippen LogP contribution is -2.45. The molecule has 7 heteroatoms. The van der Waals surface area contributed by atoms with E-state index in [1.54, 1.807) is 29.4 Å². The zero-order valence-electron chi connectivity index (χ0n) is 21.5. The molecule has 3 heterocycles. The second kappa shape index (κ2) is 10.1. The average molecular weight is 516 g/mol. The molecule has 37 heavy (non-hydrogen) atoms. The molecule has 5 nitrogen and oxygen atoms in total. The zero-order chi connectivity index (χ0) is 26.2. The van der Waals surface area contributed by atoms with Crippen LogP contribution in [0, 0.1) is 5.82 Å². The second-order valence-corrected chi connectivity index (χ2v) is 10.8. The van der Waals surface area contributed by atoms with E-state index < -0.39 is 0 Å². The van der Waals surface area contributed by atoms with Crippen LogP contribution in [0.2, 0.25) is 0 Å². The van der Waals surface area contributed by atoms with E-state index in [9.17, 15) is 4.79 Å². The number of amidine groups is 1. The third-order valence-electron chi connectivity index (χ3n) is 6.59. The van der Waals surface area contributed by atoms with Crippen molar-refractivity contribution >= 4 is 45.9 Å². The van der Waals surface area contributed by atoms with Gasteiger partial charge in [-0.3, -0.25) is 9.69 Å². The molecule has 0 unspecified atom stereocenters. The van der Waals surface area contributed by atoms with Crippen LogP contribution in [0.4, 0.5) is 15.8 Å². The third kappa shape index (κ3) is 5.01. The second-order valence-electron chi connectivity index (χ2n) is 9.83. The van der Waals surface area contributed by atoms with Crippen molar-refractivity contribution in [2.24, 2.45) is 4.99 Å². The van der Waals surface area contributed by atoms with Crippen LogP contribution in [-0.4, -0.2) is 28.1 Å². The van der Waals surface area contributed by atoms with E-state index >= 15 is 4.39 Å². The Kier molecular flexibility index (Phi) is 6.82. The summed E-state index contributed by atoms with van der Waals surface area (Å²) in [5, 5.41) is 0.532. The summed E-state index contributed by atoms with van der Waals surface area (Å²) in [5.74, 6) is 0.0711. The highest BCUT2D eigenvalue weighted by Crippen LogP contribution is 2.42. The molecule has 3 aromatic rings. The number of carbonyl (C=O) groups is 1. The number of hydrogen-bond donors (Lipinski definition) is 0. The number of hydrogen-bond acceptors (Lipinski definition) is 5. The number of nitrogens with zero attached hydrogens (tertiary/aromatic N) is 3. The summed E-state index contributed by atoms with van der Waals surface area (Å²) in [6.07, 6.45) is 6.41. The maximum atomic E-state index is 15.5. The van der Waals surface area contributed by atoms with E-state index in [4.69, 9.17) is 9.41 Å². The number of anilines is 1. The van der Waals surface area contributed by atoms with Crippen LogP contribution in [0.1, 0.15) is 51.0 Å². The Balaban J connectivity index is 1.54. The lowest BCUT2D eigenvalue weighted by molar-refractivity contribution is -0.122. The standard InChI is InChI=1S/C30H30FN3O2S/c1-5-13-34-26-17-25(31)21(15-24(26)20(2)18-30(34,3)4)16-27-28(35)33(19-23-12-9-14-36-23)29(37-27)32-22-10-7-6-8-11-22/h6-12,14-18H,5,13,19H2,1-4H3/b27-16+,32-29?. The van der Waals surface area contributed by atoms with Crippen molar-refractivity contribution in [3.63, 3.8) is 0 Å². The van der Waals surface area contributed by atoms with E-state index in [1.807, 2.05) is 42.5 Å². The first-order chi connectivity index (χ1) is 17.8. The van der Waals surface area contributed by atoms with Crippen molar-refractivity contribution in [2.75, 3.05) is 11.4 Å². The maximum absolute atomic E-state index is 15.5. The van der Waals surface area contributed by atoms with Gasteiger partial charge in [0.2, 0.25) is 0 Å². The number of halogens is 1. The number of benzene rings is 2. The molecule has 0 N–H and O–H groups in total. The van der Waals surface area contributed by atoms with Gasteiger partial charge in [-0.1, -0.05) is 31.2 Å². The summed E-state index contributed by atoms with van der Waals surface area (Å²) in [6, 6.07) is 16.6. The van der Waals surface area contributed by atoms with Crippen molar-refractivity contribution in [1.29, 1.82) is 0 Å². The van der Waals surface area contributed by atoms with Crippen molar-refractivity contribution in [2.45, 2.75) is 46.2 Å². The zero-order valence-corrected chi connectivity index (χ0v) is 22.3. The minimum absolute atomic E-state index is 0.202. The number of amides is 1. The van der Waals surface area contributed by atoms with E-state index in [2.05, 4.69) is 38.7 Å². The van der Waals surface area contributed by atoms with Crippen LogP contribution in [0.5, 0.6) is 0 Å². The first-order valence-electron chi connectivity index (χ1n) is 12.5. The van der Waals surface area contributed by atoms with Gasteiger partial charge in [0.25, 0.3) is 5.91 Å². The first kappa shape index (κ1) is 25.1. The van der Waals surface area contributed by atoms with Gasteiger partial charge in [0.1, 0.15) is 11.6 Å². The Bertz CT molecular complexity index is 1410. The van der Waals surface area contributed by atoms with E-state index in [0.717, 1.165) is 35.5 Å². The fraction of sp³-hybridized carbons (Fsp3) is 0.267. The minimum atomic E-state index is -0.350. The van der Waals surface area contributed by atoms with E-state index in [1.165, 1.54) is 11.8 Å². The van der Waals surface area contributed by atoms with Gasteiger partial charge < -0.3 is 9.32 Å². The molecule has 1 fully saturated rings. The Morgan fingerprint density at radius 1 is 1.14 bits per heavy atom.